The van der Waals surface area contributed by atoms with Crippen LogP contribution >= 0.6 is 23.2 Å². The number of nitrogens with zero attached hydrogens (tertiary/aromatic N) is 1. The summed E-state index contributed by atoms with van der Waals surface area (Å²) in [6.07, 6.45) is 9.49. The molecule has 1 saturated carbocycles. The van der Waals surface area contributed by atoms with Crippen molar-refractivity contribution in [2.75, 3.05) is 19.7 Å². The maximum Gasteiger partial charge on any atom is 0.344 e. The van der Waals surface area contributed by atoms with Gasteiger partial charge in [0.15, 0.2) is 6.61 Å². The summed E-state index contributed by atoms with van der Waals surface area (Å²) in [5, 5.41) is 0.870. The van der Waals surface area contributed by atoms with Crippen molar-refractivity contribution >= 4 is 29.2 Å². The van der Waals surface area contributed by atoms with Crippen molar-refractivity contribution in [3.63, 3.8) is 0 Å². The molecule has 0 bridgehead atoms. The van der Waals surface area contributed by atoms with Crippen LogP contribution in [0.2, 0.25) is 10.0 Å². The molecule has 1 aromatic carbocycles. The van der Waals surface area contributed by atoms with Crippen LogP contribution in [0.4, 0.5) is 0 Å². The number of carbonyl (C=O) groups excluding carboxylic acids is 1. The average molecular weight is 436 g/mol. The molecule has 1 heterocycles. The molecule has 0 aromatic heterocycles. The lowest BCUT2D eigenvalue weighted by Crippen LogP contribution is -3.00. The van der Waals surface area contributed by atoms with E-state index in [9.17, 15) is 4.79 Å². The molecule has 1 aliphatic carbocycles. The third-order valence-electron chi connectivity index (χ3n) is 5.31. The van der Waals surface area contributed by atoms with E-state index in [0.29, 0.717) is 21.8 Å². The van der Waals surface area contributed by atoms with E-state index in [1.807, 2.05) is 0 Å². The molecule has 0 radical (unpaired) electrons. The smallest absolute Gasteiger partial charge is 0.344 e. The number of likely N-dealkylation sites (tertiary alicyclic amines) is 1. The van der Waals surface area contributed by atoms with Crippen molar-refractivity contribution in [2.24, 2.45) is 0 Å². The van der Waals surface area contributed by atoms with Gasteiger partial charge in [-0.1, -0.05) is 42.5 Å². The molecule has 0 amide bonds. The molecular weight excluding hydrogens is 409 g/mol. The molecule has 1 aromatic rings. The zero-order valence-corrected chi connectivity index (χ0v) is 17.7. The Morgan fingerprint density at radius 1 is 1.00 bits per heavy atom. The Morgan fingerprint density at radius 2 is 1.70 bits per heavy atom. The van der Waals surface area contributed by atoms with Gasteiger partial charge in [-0.3, -0.25) is 4.90 Å². The highest BCUT2D eigenvalue weighted by Gasteiger charge is 2.33. The molecule has 2 fully saturated rings. The number of ether oxygens (including phenoxy) is 2. The Balaban J connectivity index is 0.00000261. The lowest BCUT2D eigenvalue weighted by atomic mass is 9.91. The highest BCUT2D eigenvalue weighted by atomic mass is 35.5. The van der Waals surface area contributed by atoms with Gasteiger partial charge in [0, 0.05) is 12.1 Å². The monoisotopic (exact) mass is 434 g/mol. The van der Waals surface area contributed by atoms with Crippen LogP contribution in [-0.2, 0) is 9.53 Å². The second kappa shape index (κ2) is 11.4. The summed E-state index contributed by atoms with van der Waals surface area (Å²) in [6.45, 7) is 2.14. The first-order chi connectivity index (χ1) is 12.6. The predicted molar refractivity (Wildman–Crippen MR) is 104 cm³/mol. The van der Waals surface area contributed by atoms with Gasteiger partial charge in [-0.05, 0) is 57.3 Å². The number of hydrogen-bond donors (Lipinski definition) is 0. The minimum atomic E-state index is -0.317. The zero-order valence-electron chi connectivity index (χ0n) is 15.5. The maximum atomic E-state index is 12.3. The molecule has 0 spiro atoms. The van der Waals surface area contributed by atoms with Crippen LogP contribution in [-0.4, -0.2) is 42.7 Å². The fraction of sp³-hybridized carbons (Fsp3) is 0.650. The Morgan fingerprint density at radius 3 is 2.41 bits per heavy atom. The number of carbonyl (C=O) groups is 1. The van der Waals surface area contributed by atoms with Gasteiger partial charge in [-0.15, -0.1) is 0 Å². The number of hydrogen-bond acceptors (Lipinski definition) is 4. The summed E-state index contributed by atoms with van der Waals surface area (Å²) < 4.78 is 11.3. The van der Waals surface area contributed by atoms with Gasteiger partial charge in [-0.2, -0.15) is 0 Å². The van der Waals surface area contributed by atoms with Gasteiger partial charge in [-0.25, -0.2) is 4.79 Å². The topological polar surface area (TPSA) is 38.8 Å². The molecule has 1 saturated heterocycles. The highest BCUT2D eigenvalue weighted by Crippen LogP contribution is 2.28. The first kappa shape index (κ1) is 22.6. The van der Waals surface area contributed by atoms with Crippen molar-refractivity contribution in [1.29, 1.82) is 0 Å². The van der Waals surface area contributed by atoms with E-state index in [1.165, 1.54) is 32.1 Å². The summed E-state index contributed by atoms with van der Waals surface area (Å²) in [7, 11) is 0. The number of esters is 1. The number of rotatable bonds is 5. The molecule has 2 atom stereocenters. The van der Waals surface area contributed by atoms with Crippen molar-refractivity contribution < 1.29 is 26.7 Å². The second-order valence-electron chi connectivity index (χ2n) is 7.19. The van der Waals surface area contributed by atoms with E-state index in [0.717, 1.165) is 32.4 Å². The van der Waals surface area contributed by atoms with Gasteiger partial charge in [0.1, 0.15) is 11.9 Å². The molecule has 7 heteroatoms. The van der Waals surface area contributed by atoms with Crippen LogP contribution in [0.25, 0.3) is 0 Å². The molecule has 0 N–H and O–H groups in total. The minimum absolute atomic E-state index is 0. The summed E-state index contributed by atoms with van der Waals surface area (Å²) >= 11 is 11.9. The lowest BCUT2D eigenvalue weighted by Gasteiger charge is -2.39. The van der Waals surface area contributed by atoms with Crippen LogP contribution in [0, 0.1) is 0 Å². The van der Waals surface area contributed by atoms with Gasteiger partial charge in [0.25, 0.3) is 0 Å². The fourth-order valence-corrected chi connectivity index (χ4v) is 4.26. The summed E-state index contributed by atoms with van der Waals surface area (Å²) in [5.41, 5.74) is 0. The molecule has 27 heavy (non-hydrogen) atoms. The van der Waals surface area contributed by atoms with E-state index in [2.05, 4.69) is 4.90 Å². The van der Waals surface area contributed by atoms with Crippen molar-refractivity contribution in [2.45, 2.75) is 63.5 Å². The number of benzene rings is 1. The van der Waals surface area contributed by atoms with E-state index in [-0.39, 0.29) is 31.1 Å². The Labute approximate surface area is 177 Å². The lowest BCUT2D eigenvalue weighted by molar-refractivity contribution is -0.157. The Kier molecular flexibility index (Phi) is 9.51. The van der Waals surface area contributed by atoms with Crippen molar-refractivity contribution in [1.82, 2.24) is 4.90 Å². The van der Waals surface area contributed by atoms with Crippen LogP contribution in [0.1, 0.15) is 51.4 Å². The highest BCUT2D eigenvalue weighted by molar-refractivity contribution is 6.42. The number of halogens is 3. The van der Waals surface area contributed by atoms with Crippen LogP contribution < -0.4 is 17.1 Å². The van der Waals surface area contributed by atoms with E-state index < -0.39 is 0 Å². The summed E-state index contributed by atoms with van der Waals surface area (Å²) in [5.74, 6) is 0.201. The molecule has 4 nitrogen and oxygen atoms in total. The van der Waals surface area contributed by atoms with Gasteiger partial charge in [0.05, 0.1) is 10.0 Å². The third kappa shape index (κ3) is 6.70. The maximum absolute atomic E-state index is 12.3. The largest absolute Gasteiger partial charge is 1.00 e. The Hall–Kier alpha value is -0.680. The van der Waals surface area contributed by atoms with Crippen LogP contribution in [0.15, 0.2) is 18.2 Å². The Bertz CT molecular complexity index is 606. The zero-order chi connectivity index (χ0) is 18.4. The summed E-state index contributed by atoms with van der Waals surface area (Å²) in [4.78, 5) is 14.9. The van der Waals surface area contributed by atoms with Crippen LogP contribution in [0.3, 0.4) is 0 Å². The fourth-order valence-electron chi connectivity index (χ4n) is 3.97. The van der Waals surface area contributed by atoms with Crippen molar-refractivity contribution in [3.8, 4) is 5.75 Å². The SMILES string of the molecule is O=C(COc1ccc(Cl)c(Cl)c1)OC1CCCCC1N1CCCCCC1.[Cl-]. The standard InChI is InChI=1S/C20H27Cl2NO3.ClH/c21-16-10-9-15(13-17(16)22)25-14-20(24)26-19-8-4-3-7-18(19)23-11-5-1-2-6-12-23;/h9-10,13,18-19H,1-8,11-12,14H2;1H/p-1. The van der Waals surface area contributed by atoms with Gasteiger partial charge < -0.3 is 21.9 Å². The van der Waals surface area contributed by atoms with Gasteiger partial charge in [0.2, 0.25) is 0 Å². The van der Waals surface area contributed by atoms with E-state index in [4.69, 9.17) is 32.7 Å². The first-order valence-electron chi connectivity index (χ1n) is 9.65. The van der Waals surface area contributed by atoms with Crippen LogP contribution in [0.5, 0.6) is 5.75 Å². The molecule has 2 unspecified atom stereocenters. The predicted octanol–water partition coefficient (Wildman–Crippen LogP) is 2.11. The molecule has 152 valence electrons. The second-order valence-corrected chi connectivity index (χ2v) is 8.01. The quantitative estimate of drug-likeness (QED) is 0.664. The molecule has 3 rings (SSSR count). The van der Waals surface area contributed by atoms with Gasteiger partial charge >= 0.3 is 5.97 Å². The van der Waals surface area contributed by atoms with Crippen molar-refractivity contribution in [3.05, 3.63) is 28.2 Å². The molecule has 1 aliphatic heterocycles. The van der Waals surface area contributed by atoms with E-state index >= 15 is 0 Å². The summed E-state index contributed by atoms with van der Waals surface area (Å²) in [6, 6.07) is 5.32. The minimum Gasteiger partial charge on any atom is -1.00 e. The molecule has 2 aliphatic rings. The van der Waals surface area contributed by atoms with E-state index in [1.54, 1.807) is 18.2 Å². The first-order valence-corrected chi connectivity index (χ1v) is 10.4. The third-order valence-corrected chi connectivity index (χ3v) is 6.05. The normalized spacial score (nSPS) is 23.8. The average Bonchev–Trinajstić information content (AvgIpc) is 2.92. The molecular formula is C20H27Cl3NO3-.